The van der Waals surface area contributed by atoms with Crippen molar-refractivity contribution in [3.05, 3.63) is 46.2 Å². The summed E-state index contributed by atoms with van der Waals surface area (Å²) in [7, 11) is 0. The highest BCUT2D eigenvalue weighted by Gasteiger charge is 2.22. The molecule has 156 valence electrons. The smallest absolute Gasteiger partial charge is 0.252 e. The predicted octanol–water partition coefficient (Wildman–Crippen LogP) is 2.76. The van der Waals surface area contributed by atoms with E-state index < -0.39 is 0 Å². The van der Waals surface area contributed by atoms with Crippen LogP contribution in [0.15, 0.2) is 35.1 Å². The maximum atomic E-state index is 12.7. The van der Waals surface area contributed by atoms with Crippen LogP contribution in [-0.2, 0) is 0 Å². The van der Waals surface area contributed by atoms with Gasteiger partial charge in [0.2, 0.25) is 5.95 Å². The zero-order valence-electron chi connectivity index (χ0n) is 17.3. The second kappa shape index (κ2) is 8.02. The van der Waals surface area contributed by atoms with E-state index in [2.05, 4.69) is 37.9 Å². The molecule has 2 N–H and O–H groups in total. The van der Waals surface area contributed by atoms with Gasteiger partial charge in [0.15, 0.2) is 5.65 Å². The second-order valence-corrected chi connectivity index (χ2v) is 8.19. The number of benzene rings is 1. The Hall–Kier alpha value is -3.00. The maximum Gasteiger partial charge on any atom is 0.252 e. The lowest BCUT2D eigenvalue weighted by Crippen LogP contribution is -2.43. The third-order valence-corrected chi connectivity index (χ3v) is 6.14. The Morgan fingerprint density at radius 3 is 2.53 bits per heavy atom. The van der Waals surface area contributed by atoms with Crippen LogP contribution in [-0.4, -0.2) is 45.9 Å². The van der Waals surface area contributed by atoms with Gasteiger partial charge in [-0.2, -0.15) is 4.98 Å². The molecule has 1 saturated carbocycles. The Morgan fingerprint density at radius 1 is 1.07 bits per heavy atom. The molecule has 2 aliphatic rings. The molecule has 3 heterocycles. The van der Waals surface area contributed by atoms with Crippen molar-refractivity contribution < 1.29 is 0 Å². The van der Waals surface area contributed by atoms with Gasteiger partial charge in [0, 0.05) is 49.7 Å². The van der Waals surface area contributed by atoms with E-state index in [4.69, 9.17) is 4.98 Å². The fraction of sp³-hybridized carbons (Fsp3) is 0.455. The van der Waals surface area contributed by atoms with Crippen LogP contribution in [0.25, 0.3) is 11.2 Å². The van der Waals surface area contributed by atoms with Gasteiger partial charge in [0.1, 0.15) is 5.52 Å². The molecule has 1 aromatic carbocycles. The minimum atomic E-state index is -0.00118. The monoisotopic (exact) mass is 405 g/mol. The first-order valence-corrected chi connectivity index (χ1v) is 10.8. The quantitative estimate of drug-likeness (QED) is 0.690. The molecule has 8 nitrogen and oxygen atoms in total. The number of hydrogen-bond donors (Lipinski definition) is 2. The van der Waals surface area contributed by atoms with E-state index in [1.165, 1.54) is 5.69 Å². The van der Waals surface area contributed by atoms with Crippen molar-refractivity contribution in [2.75, 3.05) is 36.4 Å². The summed E-state index contributed by atoms with van der Waals surface area (Å²) in [5.41, 5.74) is 4.25. The average Bonchev–Trinajstić information content (AvgIpc) is 3.29. The lowest BCUT2D eigenvalue weighted by Gasteiger charge is -2.29. The number of aryl methyl sites for hydroxylation is 1. The summed E-state index contributed by atoms with van der Waals surface area (Å²) in [5, 5.41) is 15.3. The number of anilines is 3. The number of nitrogens with one attached hydrogen (secondary N) is 2. The Labute approximate surface area is 175 Å². The van der Waals surface area contributed by atoms with Crippen molar-refractivity contribution in [1.29, 1.82) is 0 Å². The number of piperazine rings is 1. The number of aromatic nitrogens is 4. The summed E-state index contributed by atoms with van der Waals surface area (Å²) in [6.45, 7) is 5.95. The molecule has 8 heteroatoms. The van der Waals surface area contributed by atoms with Gasteiger partial charge in [-0.25, -0.2) is 0 Å². The van der Waals surface area contributed by atoms with Crippen molar-refractivity contribution >= 4 is 28.5 Å². The summed E-state index contributed by atoms with van der Waals surface area (Å²) >= 11 is 0. The van der Waals surface area contributed by atoms with E-state index in [0.29, 0.717) is 17.1 Å². The van der Waals surface area contributed by atoms with Crippen LogP contribution in [0, 0.1) is 6.92 Å². The molecule has 1 saturated heterocycles. The van der Waals surface area contributed by atoms with E-state index in [1.807, 2.05) is 23.6 Å². The van der Waals surface area contributed by atoms with Crippen LogP contribution >= 0.6 is 0 Å². The molecule has 1 aliphatic carbocycles. The van der Waals surface area contributed by atoms with Crippen molar-refractivity contribution in [3.8, 4) is 0 Å². The molecule has 0 unspecified atom stereocenters. The van der Waals surface area contributed by atoms with Gasteiger partial charge in [0.05, 0.1) is 0 Å². The molecule has 2 aromatic heterocycles. The first-order valence-electron chi connectivity index (χ1n) is 10.8. The summed E-state index contributed by atoms with van der Waals surface area (Å²) in [6.07, 6.45) is 4.32. The molecule has 0 bridgehead atoms. The average molecular weight is 406 g/mol. The van der Waals surface area contributed by atoms with Crippen LogP contribution in [0.2, 0.25) is 0 Å². The number of nitrogens with zero attached hydrogens (tertiary/aromatic N) is 5. The van der Waals surface area contributed by atoms with Crippen LogP contribution in [0.4, 0.5) is 17.3 Å². The predicted molar refractivity (Wildman–Crippen MR) is 119 cm³/mol. The molecule has 2 fully saturated rings. The van der Waals surface area contributed by atoms with Gasteiger partial charge in [-0.05, 0) is 49.6 Å². The zero-order chi connectivity index (χ0) is 20.5. The van der Waals surface area contributed by atoms with Crippen LogP contribution < -0.4 is 21.1 Å². The van der Waals surface area contributed by atoms with Crippen molar-refractivity contribution in [2.24, 2.45) is 0 Å². The molecule has 0 atom stereocenters. The third-order valence-electron chi connectivity index (χ3n) is 6.14. The fourth-order valence-corrected chi connectivity index (χ4v) is 4.54. The number of hydrogen-bond acceptors (Lipinski definition) is 7. The highest BCUT2D eigenvalue weighted by atomic mass is 16.1. The van der Waals surface area contributed by atoms with Gasteiger partial charge in [0.25, 0.3) is 5.56 Å². The Balaban J connectivity index is 1.44. The summed E-state index contributed by atoms with van der Waals surface area (Å²) < 4.78 is 1.82. The zero-order valence-corrected chi connectivity index (χ0v) is 17.3. The third kappa shape index (κ3) is 3.63. The Morgan fingerprint density at radius 2 is 1.80 bits per heavy atom. The first-order chi connectivity index (χ1) is 14.7. The second-order valence-electron chi connectivity index (χ2n) is 8.19. The number of pyridine rings is 1. The van der Waals surface area contributed by atoms with Crippen molar-refractivity contribution in [2.45, 2.75) is 38.6 Å². The number of rotatable bonds is 4. The van der Waals surface area contributed by atoms with Crippen LogP contribution in [0.1, 0.15) is 37.3 Å². The van der Waals surface area contributed by atoms with E-state index in [0.717, 1.165) is 63.1 Å². The van der Waals surface area contributed by atoms with Crippen molar-refractivity contribution in [1.82, 2.24) is 25.1 Å². The van der Waals surface area contributed by atoms with E-state index in [-0.39, 0.29) is 11.6 Å². The summed E-state index contributed by atoms with van der Waals surface area (Å²) in [4.78, 5) is 19.8. The molecule has 5 rings (SSSR count). The highest BCUT2D eigenvalue weighted by molar-refractivity contribution is 5.75. The molecule has 0 radical (unpaired) electrons. The Kier molecular flexibility index (Phi) is 5.08. The topological polar surface area (TPSA) is 88.0 Å². The van der Waals surface area contributed by atoms with E-state index in [1.54, 1.807) is 6.07 Å². The van der Waals surface area contributed by atoms with Crippen LogP contribution in [0.3, 0.4) is 0 Å². The maximum absolute atomic E-state index is 12.7. The minimum absolute atomic E-state index is 0.00118. The SMILES string of the molecule is Cc1cc(=O)n(C2CCCC2)c2nc(Nc3ccc(N4CCNCC4)cc3)nnc12. The van der Waals surface area contributed by atoms with E-state index >= 15 is 0 Å². The fourth-order valence-electron chi connectivity index (χ4n) is 4.54. The molecule has 1 aliphatic heterocycles. The molecule has 3 aromatic rings. The minimum Gasteiger partial charge on any atom is -0.369 e. The molecular weight excluding hydrogens is 378 g/mol. The van der Waals surface area contributed by atoms with Gasteiger partial charge < -0.3 is 15.5 Å². The molecular formula is C22H27N7O. The van der Waals surface area contributed by atoms with Gasteiger partial charge in [-0.1, -0.05) is 12.8 Å². The largest absolute Gasteiger partial charge is 0.369 e. The standard InChI is InChI=1S/C22H27N7O/c1-15-14-19(30)29(18-4-2-3-5-18)21-20(15)26-27-22(25-21)24-16-6-8-17(9-7-16)28-12-10-23-11-13-28/h6-9,14,18,23H,2-5,10-13H2,1H3,(H,24,25,27). The normalized spacial score (nSPS) is 17.6. The van der Waals surface area contributed by atoms with Gasteiger partial charge >= 0.3 is 0 Å². The highest BCUT2D eigenvalue weighted by Crippen LogP contribution is 2.30. The Bertz CT molecular complexity index is 1100. The summed E-state index contributed by atoms with van der Waals surface area (Å²) in [5.74, 6) is 0.411. The van der Waals surface area contributed by atoms with Crippen LogP contribution in [0.5, 0.6) is 0 Å². The molecule has 0 spiro atoms. The lowest BCUT2D eigenvalue weighted by molar-refractivity contribution is 0.515. The summed E-state index contributed by atoms with van der Waals surface area (Å²) in [6, 6.07) is 10.1. The number of fused-ring (bicyclic) bond motifs is 1. The lowest BCUT2D eigenvalue weighted by atomic mass is 10.2. The van der Waals surface area contributed by atoms with Gasteiger partial charge in [-0.3, -0.25) is 9.36 Å². The van der Waals surface area contributed by atoms with E-state index in [9.17, 15) is 4.79 Å². The van der Waals surface area contributed by atoms with Crippen molar-refractivity contribution in [3.63, 3.8) is 0 Å². The molecule has 30 heavy (non-hydrogen) atoms. The molecule has 0 amide bonds. The van der Waals surface area contributed by atoms with Gasteiger partial charge in [-0.15, -0.1) is 10.2 Å². The first kappa shape index (κ1) is 19.0.